The third-order valence-electron chi connectivity index (χ3n) is 2.84. The first-order valence-corrected chi connectivity index (χ1v) is 6.38. The van der Waals surface area contributed by atoms with Gasteiger partial charge < -0.3 is 4.74 Å². The van der Waals surface area contributed by atoms with Crippen LogP contribution in [0.15, 0.2) is 72.8 Å². The van der Waals surface area contributed by atoms with E-state index in [4.69, 9.17) is 4.74 Å². The predicted molar refractivity (Wildman–Crippen MR) is 81.9 cm³/mol. The molecule has 0 bridgehead atoms. The second kappa shape index (κ2) is 7.10. The van der Waals surface area contributed by atoms with E-state index >= 15 is 0 Å². The molecule has 0 aliphatic rings. The van der Waals surface area contributed by atoms with Crippen molar-refractivity contribution in [1.29, 1.82) is 0 Å². The monoisotopic (exact) mass is 264 g/mol. The number of rotatable bonds is 4. The maximum absolute atomic E-state index is 11.5. The van der Waals surface area contributed by atoms with Gasteiger partial charge in [-0.3, -0.25) is 0 Å². The van der Waals surface area contributed by atoms with Crippen LogP contribution in [0.25, 0.3) is 11.6 Å². The summed E-state index contributed by atoms with van der Waals surface area (Å²) in [6.45, 7) is 0. The molecule has 0 atom stereocenters. The van der Waals surface area contributed by atoms with E-state index in [1.165, 1.54) is 13.2 Å². The van der Waals surface area contributed by atoms with Gasteiger partial charge in [-0.2, -0.15) is 0 Å². The molecule has 0 spiro atoms. The van der Waals surface area contributed by atoms with Crippen molar-refractivity contribution >= 4 is 17.6 Å². The maximum atomic E-state index is 11.5. The maximum Gasteiger partial charge on any atom is 0.331 e. The van der Waals surface area contributed by atoms with Crippen LogP contribution in [-0.4, -0.2) is 13.1 Å². The quantitative estimate of drug-likeness (QED) is 0.474. The molecular formula is C18H16O2. The van der Waals surface area contributed by atoms with Crippen LogP contribution in [0.2, 0.25) is 0 Å². The van der Waals surface area contributed by atoms with Crippen LogP contribution < -0.4 is 0 Å². The van der Waals surface area contributed by atoms with Gasteiger partial charge in [0, 0.05) is 6.08 Å². The fraction of sp³-hybridized carbons (Fsp3) is 0.0556. The van der Waals surface area contributed by atoms with Gasteiger partial charge in [0.2, 0.25) is 0 Å². The second-order valence-corrected chi connectivity index (χ2v) is 4.23. The van der Waals surface area contributed by atoms with E-state index in [2.05, 4.69) is 0 Å². The number of carbonyl (C=O) groups excluding carboxylic acids is 1. The molecule has 0 saturated carbocycles. The Bertz CT molecular complexity index is 610. The van der Waals surface area contributed by atoms with Crippen molar-refractivity contribution in [3.8, 4) is 0 Å². The van der Waals surface area contributed by atoms with Crippen molar-refractivity contribution < 1.29 is 9.53 Å². The zero-order valence-corrected chi connectivity index (χ0v) is 11.3. The largest absolute Gasteiger partial charge is 0.466 e. The van der Waals surface area contributed by atoms with Crippen LogP contribution in [0.5, 0.6) is 0 Å². The molecule has 0 unspecified atom stereocenters. The molecule has 0 aliphatic heterocycles. The summed E-state index contributed by atoms with van der Waals surface area (Å²) in [4.78, 5) is 11.5. The molecule has 0 aliphatic carbocycles. The van der Waals surface area contributed by atoms with Gasteiger partial charge in [-0.15, -0.1) is 0 Å². The number of benzene rings is 2. The van der Waals surface area contributed by atoms with Crippen molar-refractivity contribution in [3.63, 3.8) is 0 Å². The van der Waals surface area contributed by atoms with Crippen molar-refractivity contribution in [1.82, 2.24) is 0 Å². The molecule has 0 heterocycles. The van der Waals surface area contributed by atoms with Gasteiger partial charge in [0.15, 0.2) is 0 Å². The highest BCUT2D eigenvalue weighted by Crippen LogP contribution is 2.17. The number of carbonyl (C=O) groups is 1. The third kappa shape index (κ3) is 3.95. The fourth-order valence-electron chi connectivity index (χ4n) is 1.79. The van der Waals surface area contributed by atoms with Crippen molar-refractivity contribution in [3.05, 3.63) is 83.9 Å². The lowest BCUT2D eigenvalue weighted by atomic mass is 10.0. The summed E-state index contributed by atoms with van der Waals surface area (Å²) in [5, 5.41) is 0. The Hall–Kier alpha value is -2.61. The van der Waals surface area contributed by atoms with Crippen LogP contribution in [0.4, 0.5) is 0 Å². The molecule has 2 rings (SSSR count). The van der Waals surface area contributed by atoms with Gasteiger partial charge in [-0.1, -0.05) is 72.8 Å². The highest BCUT2D eigenvalue weighted by atomic mass is 16.5. The van der Waals surface area contributed by atoms with Crippen molar-refractivity contribution in [2.24, 2.45) is 0 Å². The molecule has 2 aromatic rings. The Morgan fingerprint density at radius 2 is 1.55 bits per heavy atom. The normalized spacial score (nSPS) is 11.6. The van der Waals surface area contributed by atoms with Crippen LogP contribution in [0, 0.1) is 0 Å². The van der Waals surface area contributed by atoms with Crippen LogP contribution >= 0.6 is 0 Å². The highest BCUT2D eigenvalue weighted by Gasteiger charge is 2.01. The average molecular weight is 264 g/mol. The Labute approximate surface area is 119 Å². The van der Waals surface area contributed by atoms with E-state index in [0.29, 0.717) is 0 Å². The predicted octanol–water partition coefficient (Wildman–Crippen LogP) is 3.96. The van der Waals surface area contributed by atoms with E-state index in [1.807, 2.05) is 72.8 Å². The molecule has 100 valence electrons. The first-order chi connectivity index (χ1) is 9.79. The zero-order chi connectivity index (χ0) is 14.2. The molecule has 20 heavy (non-hydrogen) atoms. The minimum Gasteiger partial charge on any atom is -0.466 e. The molecule has 0 amide bonds. The van der Waals surface area contributed by atoms with Gasteiger partial charge >= 0.3 is 5.97 Å². The minimum atomic E-state index is -0.360. The van der Waals surface area contributed by atoms with Gasteiger partial charge in [-0.25, -0.2) is 4.79 Å². The Morgan fingerprint density at radius 3 is 2.15 bits per heavy atom. The highest BCUT2D eigenvalue weighted by molar-refractivity contribution is 5.95. The van der Waals surface area contributed by atoms with Crippen LogP contribution in [0.3, 0.4) is 0 Å². The van der Waals surface area contributed by atoms with Gasteiger partial charge in [0.1, 0.15) is 0 Å². The lowest BCUT2D eigenvalue weighted by Gasteiger charge is -2.02. The summed E-state index contributed by atoms with van der Waals surface area (Å²) < 4.78 is 4.71. The molecule has 0 aromatic heterocycles. The average Bonchev–Trinajstić information content (AvgIpc) is 2.53. The summed E-state index contributed by atoms with van der Waals surface area (Å²) in [6, 6.07) is 19.7. The molecule has 2 nitrogen and oxygen atoms in total. The lowest BCUT2D eigenvalue weighted by molar-refractivity contribution is -0.134. The number of allylic oxidation sites excluding steroid dienone is 2. The topological polar surface area (TPSA) is 26.3 Å². The van der Waals surface area contributed by atoms with Crippen molar-refractivity contribution in [2.75, 3.05) is 7.11 Å². The van der Waals surface area contributed by atoms with Crippen molar-refractivity contribution in [2.45, 2.75) is 0 Å². The first-order valence-electron chi connectivity index (χ1n) is 6.38. The minimum absolute atomic E-state index is 0.360. The summed E-state index contributed by atoms with van der Waals surface area (Å²) >= 11 is 0. The Balaban J connectivity index is 2.31. The SMILES string of the molecule is COC(=O)/C=C(\C=C\c1ccccc1)c1ccccc1. The second-order valence-electron chi connectivity index (χ2n) is 4.23. The number of methoxy groups -OCH3 is 1. The van der Waals surface area contributed by atoms with Crippen LogP contribution in [-0.2, 0) is 9.53 Å². The Morgan fingerprint density at radius 1 is 0.950 bits per heavy atom. The summed E-state index contributed by atoms with van der Waals surface area (Å²) in [5.74, 6) is -0.360. The molecule has 2 heteroatoms. The smallest absolute Gasteiger partial charge is 0.331 e. The van der Waals surface area contributed by atoms with E-state index in [1.54, 1.807) is 0 Å². The molecule has 0 fully saturated rings. The standard InChI is InChI=1S/C18H16O2/c1-20-18(19)14-17(16-10-6-3-7-11-16)13-12-15-8-4-2-5-9-15/h2-14H,1H3/b13-12+,17-14+. The van der Waals surface area contributed by atoms with Crippen LogP contribution in [0.1, 0.15) is 11.1 Å². The van der Waals surface area contributed by atoms with E-state index in [-0.39, 0.29) is 5.97 Å². The molecular weight excluding hydrogens is 248 g/mol. The van der Waals surface area contributed by atoms with E-state index in [0.717, 1.165) is 16.7 Å². The Kier molecular flexibility index (Phi) is 4.90. The lowest BCUT2D eigenvalue weighted by Crippen LogP contribution is -1.96. The summed E-state index contributed by atoms with van der Waals surface area (Å²) in [6.07, 6.45) is 5.39. The third-order valence-corrected chi connectivity index (χ3v) is 2.84. The summed E-state index contributed by atoms with van der Waals surface area (Å²) in [7, 11) is 1.38. The zero-order valence-electron chi connectivity index (χ0n) is 11.3. The van der Waals surface area contributed by atoms with E-state index in [9.17, 15) is 4.79 Å². The fourth-order valence-corrected chi connectivity index (χ4v) is 1.79. The number of hydrogen-bond acceptors (Lipinski definition) is 2. The summed E-state index contributed by atoms with van der Waals surface area (Å²) in [5.41, 5.74) is 2.88. The number of esters is 1. The molecule has 2 aromatic carbocycles. The first kappa shape index (κ1) is 13.8. The molecule has 0 saturated heterocycles. The van der Waals surface area contributed by atoms with Gasteiger partial charge in [-0.05, 0) is 16.7 Å². The van der Waals surface area contributed by atoms with E-state index < -0.39 is 0 Å². The van der Waals surface area contributed by atoms with Gasteiger partial charge in [0.25, 0.3) is 0 Å². The molecule has 0 N–H and O–H groups in total. The number of ether oxygens (including phenoxy) is 1. The number of hydrogen-bond donors (Lipinski definition) is 0. The van der Waals surface area contributed by atoms with Gasteiger partial charge in [0.05, 0.1) is 7.11 Å². The molecule has 0 radical (unpaired) electrons.